The molecule has 1 aromatic heterocycles. The number of aryl methyl sites for hydroxylation is 1. The van der Waals surface area contributed by atoms with E-state index in [0.717, 1.165) is 27.0 Å². The van der Waals surface area contributed by atoms with E-state index in [0.29, 0.717) is 19.4 Å². The summed E-state index contributed by atoms with van der Waals surface area (Å²) >= 11 is 3.54. The highest BCUT2D eigenvalue weighted by Gasteiger charge is 2.35. The molecule has 1 saturated carbocycles. The van der Waals surface area contributed by atoms with Gasteiger partial charge < -0.3 is 5.32 Å². The predicted octanol–water partition coefficient (Wildman–Crippen LogP) is 5.40. The average Bonchev–Trinajstić information content (AvgIpc) is 3.00. The first-order valence-corrected chi connectivity index (χ1v) is 9.52. The number of rotatable bonds is 4. The third-order valence-electron chi connectivity index (χ3n) is 4.87. The van der Waals surface area contributed by atoms with Gasteiger partial charge in [0.15, 0.2) is 0 Å². The minimum atomic E-state index is -2.52. The Labute approximate surface area is 160 Å². The molecule has 140 valence electrons. The van der Waals surface area contributed by atoms with Gasteiger partial charge in [-0.3, -0.25) is 9.48 Å². The first-order chi connectivity index (χ1) is 12.2. The van der Waals surface area contributed by atoms with E-state index < -0.39 is 5.92 Å². The fourth-order valence-corrected chi connectivity index (χ4v) is 3.76. The summed E-state index contributed by atoms with van der Waals surface area (Å²) in [4.78, 5) is 11.6. The third-order valence-corrected chi connectivity index (χ3v) is 5.72. The van der Waals surface area contributed by atoms with Gasteiger partial charge in [0.2, 0.25) is 11.8 Å². The Bertz CT molecular complexity index is 809. The van der Waals surface area contributed by atoms with Gasteiger partial charge in [0.05, 0.1) is 11.4 Å². The lowest BCUT2D eigenvalue weighted by molar-refractivity contribution is -0.114. The van der Waals surface area contributed by atoms with E-state index >= 15 is 0 Å². The van der Waals surface area contributed by atoms with Crippen LogP contribution in [0.1, 0.15) is 38.2 Å². The number of aromatic nitrogens is 2. The second kappa shape index (κ2) is 7.47. The van der Waals surface area contributed by atoms with E-state index in [4.69, 9.17) is 0 Å². The van der Waals surface area contributed by atoms with Crippen LogP contribution < -0.4 is 5.32 Å². The summed E-state index contributed by atoms with van der Waals surface area (Å²) in [6.07, 6.45) is 2.60. The minimum absolute atomic E-state index is 0.0541. The highest BCUT2D eigenvalue weighted by atomic mass is 79.9. The molecule has 7 heteroatoms. The highest BCUT2D eigenvalue weighted by Crippen LogP contribution is 2.38. The molecule has 26 heavy (non-hydrogen) atoms. The maximum atomic E-state index is 13.4. The van der Waals surface area contributed by atoms with Crippen molar-refractivity contribution in [1.29, 1.82) is 0 Å². The first-order valence-electron chi connectivity index (χ1n) is 8.73. The number of amides is 1. The zero-order valence-corrected chi connectivity index (χ0v) is 16.4. The fourth-order valence-electron chi connectivity index (χ4n) is 3.42. The van der Waals surface area contributed by atoms with Gasteiger partial charge in [-0.05, 0) is 49.4 Å². The summed E-state index contributed by atoms with van der Waals surface area (Å²) in [6.45, 7) is 4.03. The summed E-state index contributed by atoms with van der Waals surface area (Å²) in [7, 11) is 0. The molecule has 1 aliphatic carbocycles. The molecule has 1 aliphatic rings. The van der Waals surface area contributed by atoms with E-state index in [1.807, 2.05) is 29.8 Å². The van der Waals surface area contributed by atoms with Crippen LogP contribution in [0.2, 0.25) is 0 Å². The monoisotopic (exact) mass is 425 g/mol. The SMILES string of the molecule is CC(=O)Nc1cc(C)c(Br)cc1-c1ccnn1CC1CCC(F)(F)CC1. The number of alkyl halides is 2. The molecule has 0 atom stereocenters. The Balaban J connectivity index is 1.88. The summed E-state index contributed by atoms with van der Waals surface area (Å²) in [6, 6.07) is 5.77. The Morgan fingerprint density at radius 1 is 1.38 bits per heavy atom. The number of halogens is 3. The van der Waals surface area contributed by atoms with Crippen molar-refractivity contribution in [3.05, 3.63) is 34.4 Å². The van der Waals surface area contributed by atoms with Crippen molar-refractivity contribution >= 4 is 27.5 Å². The number of hydrogen-bond acceptors (Lipinski definition) is 2. The first kappa shape index (κ1) is 19.0. The largest absolute Gasteiger partial charge is 0.326 e. The third kappa shape index (κ3) is 4.31. The Morgan fingerprint density at radius 2 is 2.08 bits per heavy atom. The van der Waals surface area contributed by atoms with Gasteiger partial charge in [0.1, 0.15) is 0 Å². The van der Waals surface area contributed by atoms with Crippen LogP contribution in [-0.2, 0) is 11.3 Å². The van der Waals surface area contributed by atoms with Crippen molar-refractivity contribution in [3.8, 4) is 11.3 Å². The fraction of sp³-hybridized carbons (Fsp3) is 0.474. The second-order valence-electron chi connectivity index (χ2n) is 7.03. The van der Waals surface area contributed by atoms with Gasteiger partial charge in [-0.15, -0.1) is 0 Å². The van der Waals surface area contributed by atoms with Gasteiger partial charge in [-0.2, -0.15) is 5.10 Å². The molecule has 3 rings (SSSR count). The van der Waals surface area contributed by atoms with Crippen molar-refractivity contribution in [2.24, 2.45) is 5.92 Å². The van der Waals surface area contributed by atoms with Crippen LogP contribution in [0.4, 0.5) is 14.5 Å². The minimum Gasteiger partial charge on any atom is -0.326 e. The number of carbonyl (C=O) groups excluding carboxylic acids is 1. The number of benzene rings is 1. The van der Waals surface area contributed by atoms with Crippen LogP contribution in [0, 0.1) is 12.8 Å². The van der Waals surface area contributed by atoms with Gasteiger partial charge in [-0.1, -0.05) is 15.9 Å². The van der Waals surface area contributed by atoms with Gasteiger partial charge in [-0.25, -0.2) is 8.78 Å². The molecule has 1 amide bonds. The van der Waals surface area contributed by atoms with Crippen LogP contribution in [-0.4, -0.2) is 21.6 Å². The summed E-state index contributed by atoms with van der Waals surface area (Å²) in [5.41, 5.74) is 3.45. The molecule has 1 heterocycles. The normalized spacial score (nSPS) is 17.3. The molecular formula is C19H22BrF2N3O. The van der Waals surface area contributed by atoms with Crippen LogP contribution in [0.3, 0.4) is 0 Å². The zero-order chi connectivity index (χ0) is 18.9. The smallest absolute Gasteiger partial charge is 0.248 e. The quantitative estimate of drug-likeness (QED) is 0.711. The van der Waals surface area contributed by atoms with E-state index in [1.54, 1.807) is 6.20 Å². The van der Waals surface area contributed by atoms with Gasteiger partial charge in [0, 0.05) is 42.5 Å². The van der Waals surface area contributed by atoms with E-state index in [9.17, 15) is 13.6 Å². The van der Waals surface area contributed by atoms with Crippen LogP contribution >= 0.6 is 15.9 Å². The van der Waals surface area contributed by atoms with Crippen LogP contribution in [0.25, 0.3) is 11.3 Å². The van der Waals surface area contributed by atoms with Crippen molar-refractivity contribution in [3.63, 3.8) is 0 Å². The number of nitrogens with zero attached hydrogens (tertiary/aromatic N) is 2. The maximum Gasteiger partial charge on any atom is 0.248 e. The molecule has 2 aromatic rings. The number of nitrogens with one attached hydrogen (secondary N) is 1. The zero-order valence-electron chi connectivity index (χ0n) is 14.9. The number of hydrogen-bond donors (Lipinski definition) is 1. The molecule has 0 bridgehead atoms. The molecule has 1 aromatic carbocycles. The molecule has 0 aliphatic heterocycles. The van der Waals surface area contributed by atoms with E-state index in [-0.39, 0.29) is 24.7 Å². The van der Waals surface area contributed by atoms with E-state index in [2.05, 4.69) is 26.3 Å². The van der Waals surface area contributed by atoms with Crippen molar-refractivity contribution in [2.75, 3.05) is 5.32 Å². The molecule has 4 nitrogen and oxygen atoms in total. The Morgan fingerprint density at radius 3 is 2.73 bits per heavy atom. The molecule has 1 N–H and O–H groups in total. The molecule has 0 unspecified atom stereocenters. The number of carbonyl (C=O) groups is 1. The summed E-state index contributed by atoms with van der Waals surface area (Å²) in [5.74, 6) is -2.48. The van der Waals surface area contributed by atoms with Crippen molar-refractivity contribution in [2.45, 2.75) is 52.0 Å². The molecule has 0 radical (unpaired) electrons. The van der Waals surface area contributed by atoms with Crippen molar-refractivity contribution < 1.29 is 13.6 Å². The predicted molar refractivity (Wildman–Crippen MR) is 101 cm³/mol. The van der Waals surface area contributed by atoms with Crippen LogP contribution in [0.5, 0.6) is 0 Å². The number of anilines is 1. The standard InChI is InChI=1S/C19H22BrF2N3O/c1-12-9-17(24-13(2)26)15(10-16(12)20)18-5-8-23-25(18)11-14-3-6-19(21,22)7-4-14/h5,8-10,14H,3-4,6-7,11H2,1-2H3,(H,24,26). The van der Waals surface area contributed by atoms with E-state index in [1.165, 1.54) is 6.92 Å². The highest BCUT2D eigenvalue weighted by molar-refractivity contribution is 9.10. The molecular weight excluding hydrogens is 404 g/mol. The van der Waals surface area contributed by atoms with Gasteiger partial charge >= 0.3 is 0 Å². The van der Waals surface area contributed by atoms with Crippen molar-refractivity contribution in [1.82, 2.24) is 9.78 Å². The van der Waals surface area contributed by atoms with Gasteiger partial charge in [0.25, 0.3) is 0 Å². The topological polar surface area (TPSA) is 46.9 Å². The molecule has 1 fully saturated rings. The molecule has 0 saturated heterocycles. The summed E-state index contributed by atoms with van der Waals surface area (Å²) < 4.78 is 29.6. The van der Waals surface area contributed by atoms with Crippen LogP contribution in [0.15, 0.2) is 28.9 Å². The molecule has 0 spiro atoms. The lowest BCUT2D eigenvalue weighted by Crippen LogP contribution is -2.27. The lowest BCUT2D eigenvalue weighted by Gasteiger charge is -2.28. The second-order valence-corrected chi connectivity index (χ2v) is 7.88. The Hall–Kier alpha value is -1.76. The average molecular weight is 426 g/mol. The summed E-state index contributed by atoms with van der Waals surface area (Å²) in [5, 5.41) is 7.27. The maximum absolute atomic E-state index is 13.4. The Kier molecular flexibility index (Phi) is 5.46. The lowest BCUT2D eigenvalue weighted by atomic mass is 9.87.